The fraction of sp³-hybridized carbons (Fsp3) is 0.714. The summed E-state index contributed by atoms with van der Waals surface area (Å²) in [5.74, 6) is -5.28. The molecule has 0 saturated heterocycles. The maximum atomic E-state index is 12.9. The lowest BCUT2D eigenvalue weighted by molar-refractivity contribution is -0.142. The van der Waals surface area contributed by atoms with Crippen LogP contribution in [0, 0.1) is 5.92 Å². The number of carboxylic acid groups (broad SMARTS) is 1. The predicted octanol–water partition coefficient (Wildman–Crippen LogP) is -2.83. The summed E-state index contributed by atoms with van der Waals surface area (Å²) in [5, 5.41) is 16.5. The van der Waals surface area contributed by atoms with Crippen LogP contribution < -0.4 is 38.9 Å². The highest BCUT2D eigenvalue weighted by molar-refractivity contribution is 5.96. The van der Waals surface area contributed by atoms with E-state index in [2.05, 4.69) is 16.0 Å². The average molecular weight is 502 g/mol. The van der Waals surface area contributed by atoms with Crippen LogP contribution in [0.5, 0.6) is 0 Å². The molecule has 0 saturated carbocycles. The molecule has 0 fully saturated rings. The number of nitrogens with two attached hydrogens (primary N) is 4. The van der Waals surface area contributed by atoms with E-state index in [0.29, 0.717) is 19.4 Å². The second kappa shape index (κ2) is 16.4. The van der Waals surface area contributed by atoms with Crippen molar-refractivity contribution in [2.75, 3.05) is 6.54 Å². The van der Waals surface area contributed by atoms with E-state index in [1.807, 2.05) is 0 Å². The van der Waals surface area contributed by atoms with Gasteiger partial charge in [-0.15, -0.1) is 0 Å². The molecule has 4 atom stereocenters. The number of carbonyl (C=O) groups excluding carboxylic acids is 5. The molecule has 35 heavy (non-hydrogen) atoms. The number of nitrogens with one attached hydrogen (secondary N) is 3. The van der Waals surface area contributed by atoms with E-state index in [1.165, 1.54) is 0 Å². The Morgan fingerprint density at radius 2 is 1.31 bits per heavy atom. The first-order chi connectivity index (χ1) is 16.3. The van der Waals surface area contributed by atoms with Gasteiger partial charge in [-0.05, 0) is 44.6 Å². The highest BCUT2D eigenvalue weighted by Crippen LogP contribution is 2.08. The zero-order valence-corrected chi connectivity index (χ0v) is 20.2. The van der Waals surface area contributed by atoms with Gasteiger partial charge in [-0.3, -0.25) is 24.0 Å². The van der Waals surface area contributed by atoms with E-state index >= 15 is 0 Å². The Kier molecular flexibility index (Phi) is 14.9. The van der Waals surface area contributed by atoms with Gasteiger partial charge in [0, 0.05) is 6.42 Å². The Bertz CT molecular complexity index is 760. The van der Waals surface area contributed by atoms with E-state index in [9.17, 15) is 33.9 Å². The Morgan fingerprint density at radius 3 is 1.80 bits per heavy atom. The summed E-state index contributed by atoms with van der Waals surface area (Å²) in [6.07, 6.45) is 0.537. The van der Waals surface area contributed by atoms with Gasteiger partial charge in [0.05, 0.1) is 12.5 Å². The summed E-state index contributed by atoms with van der Waals surface area (Å²) in [7, 11) is 0. The van der Waals surface area contributed by atoms with Crippen LogP contribution in [-0.2, 0) is 28.8 Å². The number of amides is 5. The molecular weight excluding hydrogens is 462 g/mol. The molecule has 0 spiro atoms. The SMILES string of the molecule is CC(C)CC(NC(=O)C(N)CCC(N)=O)C(=O)NC(CC(N)=O)C(=O)NC(CCCCN)C(=O)O. The predicted molar refractivity (Wildman–Crippen MR) is 126 cm³/mol. The highest BCUT2D eigenvalue weighted by atomic mass is 16.4. The van der Waals surface area contributed by atoms with Gasteiger partial charge in [0.2, 0.25) is 29.5 Å². The summed E-state index contributed by atoms with van der Waals surface area (Å²) >= 11 is 0. The van der Waals surface area contributed by atoms with E-state index in [-0.39, 0.29) is 31.6 Å². The van der Waals surface area contributed by atoms with Crippen molar-refractivity contribution in [2.24, 2.45) is 28.9 Å². The van der Waals surface area contributed by atoms with Gasteiger partial charge in [0.15, 0.2) is 0 Å². The molecule has 0 aromatic carbocycles. The largest absolute Gasteiger partial charge is 0.480 e. The summed E-state index contributed by atoms with van der Waals surface area (Å²) in [6.45, 7) is 3.95. The molecule has 14 nitrogen and oxygen atoms in total. The molecule has 0 aromatic rings. The first-order valence-electron chi connectivity index (χ1n) is 11.4. The van der Waals surface area contributed by atoms with Crippen molar-refractivity contribution in [2.45, 2.75) is 83.0 Å². The van der Waals surface area contributed by atoms with Crippen LogP contribution >= 0.6 is 0 Å². The van der Waals surface area contributed by atoms with Gasteiger partial charge in [-0.25, -0.2) is 4.79 Å². The Hall–Kier alpha value is -3.26. The third kappa shape index (κ3) is 13.9. The van der Waals surface area contributed by atoms with Crippen molar-refractivity contribution >= 4 is 35.5 Å². The fourth-order valence-electron chi connectivity index (χ4n) is 3.12. The van der Waals surface area contributed by atoms with Gasteiger partial charge >= 0.3 is 5.97 Å². The van der Waals surface area contributed by atoms with Gasteiger partial charge in [0.25, 0.3) is 0 Å². The standard InChI is InChI=1S/C21H39N7O7/c1-11(2)9-14(27-18(31)12(23)6-7-16(24)29)19(32)28-15(10-17(25)30)20(33)26-13(21(34)35)5-3-4-8-22/h11-15H,3-10,22-23H2,1-2H3,(H2,24,29)(H2,25,30)(H,26,33)(H,27,31)(H,28,32)(H,34,35). The van der Waals surface area contributed by atoms with Gasteiger partial charge in [-0.1, -0.05) is 13.8 Å². The molecule has 0 bridgehead atoms. The molecule has 0 rings (SSSR count). The zero-order valence-electron chi connectivity index (χ0n) is 20.2. The van der Waals surface area contributed by atoms with Crippen molar-refractivity contribution in [1.82, 2.24) is 16.0 Å². The number of carbonyl (C=O) groups is 6. The fourth-order valence-corrected chi connectivity index (χ4v) is 3.12. The normalized spacial score (nSPS) is 14.3. The zero-order chi connectivity index (χ0) is 27.1. The molecule has 200 valence electrons. The maximum Gasteiger partial charge on any atom is 0.326 e. The highest BCUT2D eigenvalue weighted by Gasteiger charge is 2.31. The smallest absolute Gasteiger partial charge is 0.326 e. The summed E-state index contributed by atoms with van der Waals surface area (Å²) in [6, 6.07) is -4.94. The van der Waals surface area contributed by atoms with Crippen LogP contribution in [0.2, 0.25) is 0 Å². The first kappa shape index (κ1) is 31.7. The van der Waals surface area contributed by atoms with Crippen LogP contribution in [0.25, 0.3) is 0 Å². The minimum Gasteiger partial charge on any atom is -0.480 e. The summed E-state index contributed by atoms with van der Waals surface area (Å²) < 4.78 is 0. The van der Waals surface area contributed by atoms with Gasteiger partial charge < -0.3 is 44.0 Å². The lowest BCUT2D eigenvalue weighted by Crippen LogP contribution is -2.58. The van der Waals surface area contributed by atoms with Crippen LogP contribution in [0.1, 0.15) is 58.8 Å². The molecule has 0 aromatic heterocycles. The molecular formula is C21H39N7O7. The van der Waals surface area contributed by atoms with Crippen LogP contribution in [0.15, 0.2) is 0 Å². The van der Waals surface area contributed by atoms with E-state index in [4.69, 9.17) is 22.9 Å². The van der Waals surface area contributed by atoms with E-state index < -0.39 is 66.1 Å². The number of carboxylic acids is 1. The average Bonchev–Trinajstić information content (AvgIpc) is 2.74. The Morgan fingerprint density at radius 1 is 0.771 bits per heavy atom. The Balaban J connectivity index is 5.46. The second-order valence-electron chi connectivity index (χ2n) is 8.72. The molecule has 0 aliphatic carbocycles. The molecule has 0 heterocycles. The molecule has 0 aliphatic heterocycles. The van der Waals surface area contributed by atoms with E-state index in [1.54, 1.807) is 13.8 Å². The Labute approximate surface area is 204 Å². The molecule has 0 radical (unpaired) electrons. The van der Waals surface area contributed by atoms with Crippen LogP contribution in [-0.4, -0.2) is 71.3 Å². The lowest BCUT2D eigenvalue weighted by Gasteiger charge is -2.25. The van der Waals surface area contributed by atoms with Crippen LogP contribution in [0.4, 0.5) is 0 Å². The third-order valence-corrected chi connectivity index (χ3v) is 4.98. The van der Waals surface area contributed by atoms with Gasteiger partial charge in [0.1, 0.15) is 18.1 Å². The van der Waals surface area contributed by atoms with E-state index in [0.717, 1.165) is 0 Å². The quantitative estimate of drug-likeness (QED) is 0.0898. The number of unbranched alkanes of at least 4 members (excludes halogenated alkanes) is 1. The number of hydrogen-bond donors (Lipinski definition) is 8. The molecule has 14 heteroatoms. The minimum atomic E-state index is -1.47. The van der Waals surface area contributed by atoms with Crippen molar-refractivity contribution in [1.29, 1.82) is 0 Å². The maximum absolute atomic E-state index is 12.9. The number of rotatable bonds is 18. The topological polar surface area (TPSA) is 263 Å². The van der Waals surface area contributed by atoms with Crippen molar-refractivity contribution in [3.8, 4) is 0 Å². The number of primary amides is 2. The minimum absolute atomic E-state index is 0.0232. The summed E-state index contributed by atoms with van der Waals surface area (Å²) in [5.41, 5.74) is 21.4. The van der Waals surface area contributed by atoms with Crippen molar-refractivity contribution < 1.29 is 33.9 Å². The monoisotopic (exact) mass is 501 g/mol. The van der Waals surface area contributed by atoms with Gasteiger partial charge in [-0.2, -0.15) is 0 Å². The lowest BCUT2D eigenvalue weighted by atomic mass is 10.0. The second-order valence-corrected chi connectivity index (χ2v) is 8.72. The molecule has 12 N–H and O–H groups in total. The third-order valence-electron chi connectivity index (χ3n) is 4.98. The molecule has 0 aliphatic rings. The van der Waals surface area contributed by atoms with Crippen LogP contribution in [0.3, 0.4) is 0 Å². The number of hydrogen-bond acceptors (Lipinski definition) is 8. The summed E-state index contributed by atoms with van der Waals surface area (Å²) in [4.78, 5) is 72.0. The first-order valence-corrected chi connectivity index (χ1v) is 11.4. The van der Waals surface area contributed by atoms with Crippen molar-refractivity contribution in [3.63, 3.8) is 0 Å². The van der Waals surface area contributed by atoms with Crippen molar-refractivity contribution in [3.05, 3.63) is 0 Å². The number of aliphatic carboxylic acids is 1. The molecule has 5 amide bonds. The molecule has 4 unspecified atom stereocenters.